The van der Waals surface area contributed by atoms with Crippen molar-refractivity contribution in [1.29, 1.82) is 0 Å². The molecule has 70 valence electrons. The fourth-order valence-corrected chi connectivity index (χ4v) is 0.769. The Morgan fingerprint density at radius 1 is 1.00 bits per heavy atom. The summed E-state index contributed by atoms with van der Waals surface area (Å²) in [5.41, 5.74) is -0.477. The summed E-state index contributed by atoms with van der Waals surface area (Å²) < 4.78 is 35.9. The molecule has 0 spiro atoms. The number of aromatic hydroxyl groups is 2. The summed E-state index contributed by atoms with van der Waals surface area (Å²) >= 11 is 0. The van der Waals surface area contributed by atoms with Crippen molar-refractivity contribution in [2.45, 2.75) is 0 Å². The normalized spacial score (nSPS) is 9.77. The van der Waals surface area contributed by atoms with E-state index in [9.17, 15) is 13.2 Å². The molecule has 0 aliphatic carbocycles. The quantitative estimate of drug-likeness (QED) is 0.668. The Morgan fingerprint density at radius 2 is 1.62 bits per heavy atom. The van der Waals surface area contributed by atoms with E-state index in [-0.39, 0.29) is 0 Å². The minimum absolute atomic E-state index is 0.477. The van der Waals surface area contributed by atoms with Crippen LogP contribution in [0, 0.1) is 0 Å². The highest BCUT2D eigenvalue weighted by molar-refractivity contribution is 5.62. The summed E-state index contributed by atoms with van der Waals surface area (Å²) in [6.45, 7) is 0. The van der Waals surface area contributed by atoms with Crippen LogP contribution in [0.15, 0.2) is 24.3 Å². The molecule has 0 amide bonds. The minimum Gasteiger partial charge on any atom is -0.504 e. The lowest BCUT2D eigenvalue weighted by Gasteiger charge is -1.99. The maximum atomic E-state index is 12.5. The Labute approximate surface area is 71.6 Å². The first-order valence-corrected chi connectivity index (χ1v) is 3.25. The second-order valence-corrected chi connectivity index (χ2v) is 2.28. The molecule has 13 heavy (non-hydrogen) atoms. The van der Waals surface area contributed by atoms with Crippen molar-refractivity contribution in [1.82, 2.24) is 0 Å². The van der Waals surface area contributed by atoms with E-state index in [0.717, 1.165) is 12.1 Å². The summed E-state index contributed by atoms with van der Waals surface area (Å²) in [5.74, 6) is -2.85. The average molecular weight is 190 g/mol. The SMILES string of the molecule is Oc1ccc(C(F)=C(F)F)cc1O. The van der Waals surface area contributed by atoms with Crippen molar-refractivity contribution in [3.63, 3.8) is 0 Å². The van der Waals surface area contributed by atoms with Gasteiger partial charge in [-0.2, -0.15) is 8.78 Å². The van der Waals surface area contributed by atoms with E-state index >= 15 is 0 Å². The van der Waals surface area contributed by atoms with E-state index in [2.05, 4.69) is 0 Å². The van der Waals surface area contributed by atoms with Gasteiger partial charge < -0.3 is 10.2 Å². The smallest absolute Gasteiger partial charge is 0.306 e. The van der Waals surface area contributed by atoms with E-state index in [4.69, 9.17) is 10.2 Å². The number of rotatable bonds is 1. The molecule has 1 rings (SSSR count). The maximum Gasteiger partial charge on any atom is 0.306 e. The van der Waals surface area contributed by atoms with Crippen LogP contribution < -0.4 is 0 Å². The van der Waals surface area contributed by atoms with Gasteiger partial charge in [0.15, 0.2) is 17.3 Å². The lowest BCUT2D eigenvalue weighted by molar-refractivity contribution is 0.401. The third-order valence-corrected chi connectivity index (χ3v) is 1.39. The first-order valence-electron chi connectivity index (χ1n) is 3.25. The number of hydrogen-bond acceptors (Lipinski definition) is 2. The largest absolute Gasteiger partial charge is 0.504 e. The van der Waals surface area contributed by atoms with Crippen molar-refractivity contribution in [2.24, 2.45) is 0 Å². The van der Waals surface area contributed by atoms with Crippen LogP contribution in [-0.2, 0) is 0 Å². The molecular formula is C8H5F3O2. The Bertz CT molecular complexity index is 356. The first kappa shape index (κ1) is 9.44. The predicted octanol–water partition coefficient (Wildman–Crippen LogP) is 2.63. The zero-order chi connectivity index (χ0) is 10.0. The first-order chi connectivity index (χ1) is 6.02. The predicted molar refractivity (Wildman–Crippen MR) is 40.0 cm³/mol. The Balaban J connectivity index is 3.19. The molecule has 0 fully saturated rings. The van der Waals surface area contributed by atoms with E-state index in [1.54, 1.807) is 0 Å². The molecule has 0 unspecified atom stereocenters. The highest BCUT2D eigenvalue weighted by Crippen LogP contribution is 2.30. The lowest BCUT2D eigenvalue weighted by Crippen LogP contribution is -1.79. The van der Waals surface area contributed by atoms with Crippen LogP contribution in [0.5, 0.6) is 11.5 Å². The van der Waals surface area contributed by atoms with Gasteiger partial charge in [-0.3, -0.25) is 0 Å². The third kappa shape index (κ3) is 1.93. The van der Waals surface area contributed by atoms with Crippen LogP contribution >= 0.6 is 0 Å². The van der Waals surface area contributed by atoms with Gasteiger partial charge in [0.05, 0.1) is 0 Å². The van der Waals surface area contributed by atoms with Crippen LogP contribution in [0.4, 0.5) is 13.2 Å². The van der Waals surface area contributed by atoms with Crippen molar-refractivity contribution in [3.05, 3.63) is 29.8 Å². The maximum absolute atomic E-state index is 12.5. The second kappa shape index (κ2) is 3.38. The van der Waals surface area contributed by atoms with Gasteiger partial charge in [-0.15, -0.1) is 0 Å². The van der Waals surface area contributed by atoms with Gasteiger partial charge in [-0.1, -0.05) is 0 Å². The molecule has 0 atom stereocenters. The second-order valence-electron chi connectivity index (χ2n) is 2.28. The molecule has 0 saturated heterocycles. The third-order valence-electron chi connectivity index (χ3n) is 1.39. The summed E-state index contributed by atoms with van der Waals surface area (Å²) in [4.78, 5) is 0. The Morgan fingerprint density at radius 3 is 2.08 bits per heavy atom. The Hall–Kier alpha value is -1.65. The molecule has 0 saturated carbocycles. The van der Waals surface area contributed by atoms with Crippen LogP contribution in [0.3, 0.4) is 0 Å². The van der Waals surface area contributed by atoms with Crippen LogP contribution in [0.25, 0.3) is 5.83 Å². The number of halogens is 3. The van der Waals surface area contributed by atoms with Gasteiger partial charge in [-0.25, -0.2) is 4.39 Å². The van der Waals surface area contributed by atoms with Gasteiger partial charge in [0.25, 0.3) is 0 Å². The van der Waals surface area contributed by atoms with Crippen LogP contribution in [0.2, 0.25) is 0 Å². The topological polar surface area (TPSA) is 40.5 Å². The molecule has 0 heterocycles. The van der Waals surface area contributed by atoms with Crippen LogP contribution in [-0.4, -0.2) is 10.2 Å². The zero-order valence-corrected chi connectivity index (χ0v) is 6.26. The number of benzene rings is 1. The summed E-state index contributed by atoms with van der Waals surface area (Å²) in [5, 5.41) is 17.6. The number of hydrogen-bond donors (Lipinski definition) is 2. The number of phenolic OH excluding ortho intramolecular Hbond substituents is 2. The van der Waals surface area contributed by atoms with Crippen LogP contribution in [0.1, 0.15) is 5.56 Å². The molecule has 5 heteroatoms. The Kier molecular flexibility index (Phi) is 2.46. The van der Waals surface area contributed by atoms with E-state index in [0.29, 0.717) is 6.07 Å². The zero-order valence-electron chi connectivity index (χ0n) is 6.26. The van der Waals surface area contributed by atoms with E-state index in [1.807, 2.05) is 0 Å². The van der Waals surface area contributed by atoms with Gasteiger partial charge in [-0.05, 0) is 18.2 Å². The summed E-state index contributed by atoms with van der Waals surface area (Å²) in [6, 6.07) is 2.57. The van der Waals surface area contributed by atoms with E-state index in [1.165, 1.54) is 0 Å². The number of phenols is 2. The standard InChI is InChI=1S/C8H5F3O2/c9-7(8(10)11)4-1-2-5(12)6(13)3-4/h1-3,12-13H. The molecule has 2 N–H and O–H groups in total. The van der Waals surface area contributed by atoms with Gasteiger partial charge in [0.2, 0.25) is 0 Å². The fraction of sp³-hybridized carbons (Fsp3) is 0. The van der Waals surface area contributed by atoms with Crippen molar-refractivity contribution in [3.8, 4) is 11.5 Å². The molecule has 0 aliphatic heterocycles. The van der Waals surface area contributed by atoms with Gasteiger partial charge in [0.1, 0.15) is 0 Å². The molecule has 0 aliphatic rings. The van der Waals surface area contributed by atoms with Crippen molar-refractivity contribution >= 4 is 5.83 Å². The molecule has 0 bridgehead atoms. The van der Waals surface area contributed by atoms with Crippen molar-refractivity contribution in [2.75, 3.05) is 0 Å². The molecule has 1 aromatic carbocycles. The highest BCUT2D eigenvalue weighted by atomic mass is 19.3. The molecule has 0 aromatic heterocycles. The summed E-state index contributed by atoms with van der Waals surface area (Å²) in [7, 11) is 0. The van der Waals surface area contributed by atoms with E-state index < -0.39 is 29.0 Å². The van der Waals surface area contributed by atoms with Gasteiger partial charge in [0, 0.05) is 5.56 Å². The molecular weight excluding hydrogens is 185 g/mol. The average Bonchev–Trinajstić information content (AvgIpc) is 2.08. The minimum atomic E-state index is -2.47. The fourth-order valence-electron chi connectivity index (χ4n) is 0.769. The molecule has 0 radical (unpaired) electrons. The lowest BCUT2D eigenvalue weighted by atomic mass is 10.2. The van der Waals surface area contributed by atoms with Gasteiger partial charge >= 0.3 is 6.08 Å². The highest BCUT2D eigenvalue weighted by Gasteiger charge is 2.10. The monoisotopic (exact) mass is 190 g/mol. The molecule has 1 aromatic rings. The molecule has 2 nitrogen and oxygen atoms in total. The summed E-state index contributed by atoms with van der Waals surface area (Å²) in [6.07, 6.45) is -2.47. The van der Waals surface area contributed by atoms with Crippen molar-refractivity contribution < 1.29 is 23.4 Å².